The monoisotopic (exact) mass is 259 g/mol. The van der Waals surface area contributed by atoms with Gasteiger partial charge in [0, 0.05) is 19.4 Å². The number of methoxy groups -OCH3 is 1. The second-order valence-electron chi connectivity index (χ2n) is 4.29. The average molecular weight is 259 g/mol. The van der Waals surface area contributed by atoms with E-state index in [1.807, 2.05) is 24.3 Å². The van der Waals surface area contributed by atoms with Crippen LogP contribution in [0.2, 0.25) is 0 Å². The van der Waals surface area contributed by atoms with Gasteiger partial charge >= 0.3 is 0 Å². The standard InChI is InChI=1S/C15H17NO3/c1-11(17)13-6-7-15(16-9-13)19-14-5-3-4-12(8-14)10-18-2/h3-9,11,17H,10H2,1-2H3/t11-/m1/s1. The summed E-state index contributed by atoms with van der Waals surface area (Å²) in [6, 6.07) is 11.2. The molecular formula is C15H17NO3. The maximum absolute atomic E-state index is 9.41. The van der Waals surface area contributed by atoms with Gasteiger partial charge in [0.1, 0.15) is 5.75 Å². The molecule has 2 rings (SSSR count). The summed E-state index contributed by atoms with van der Waals surface area (Å²) < 4.78 is 10.7. The van der Waals surface area contributed by atoms with Gasteiger partial charge in [-0.05, 0) is 36.2 Å². The fourth-order valence-electron chi connectivity index (χ4n) is 1.69. The molecule has 0 spiro atoms. The van der Waals surface area contributed by atoms with Crippen molar-refractivity contribution >= 4 is 0 Å². The predicted octanol–water partition coefficient (Wildman–Crippen LogP) is 3.07. The number of aliphatic hydroxyl groups excluding tert-OH is 1. The number of benzene rings is 1. The summed E-state index contributed by atoms with van der Waals surface area (Å²) in [5.41, 5.74) is 1.81. The third kappa shape index (κ3) is 3.77. The molecule has 0 aliphatic rings. The zero-order valence-electron chi connectivity index (χ0n) is 11.0. The molecule has 1 aromatic heterocycles. The van der Waals surface area contributed by atoms with E-state index in [4.69, 9.17) is 9.47 Å². The van der Waals surface area contributed by atoms with Crippen LogP contribution in [-0.2, 0) is 11.3 Å². The highest BCUT2D eigenvalue weighted by molar-refractivity contribution is 5.31. The molecule has 1 N–H and O–H groups in total. The Morgan fingerprint density at radius 2 is 2.11 bits per heavy atom. The molecule has 19 heavy (non-hydrogen) atoms. The Balaban J connectivity index is 2.10. The Morgan fingerprint density at radius 3 is 2.74 bits per heavy atom. The lowest BCUT2D eigenvalue weighted by atomic mass is 10.2. The first kappa shape index (κ1) is 13.5. The van der Waals surface area contributed by atoms with Crippen molar-refractivity contribution < 1.29 is 14.6 Å². The van der Waals surface area contributed by atoms with Crippen molar-refractivity contribution in [2.75, 3.05) is 7.11 Å². The average Bonchev–Trinajstić information content (AvgIpc) is 2.40. The highest BCUT2D eigenvalue weighted by Gasteiger charge is 2.03. The van der Waals surface area contributed by atoms with Crippen molar-refractivity contribution in [3.8, 4) is 11.6 Å². The van der Waals surface area contributed by atoms with Crippen molar-refractivity contribution in [2.45, 2.75) is 19.6 Å². The number of hydrogen-bond donors (Lipinski definition) is 1. The molecular weight excluding hydrogens is 242 g/mol. The van der Waals surface area contributed by atoms with E-state index >= 15 is 0 Å². The highest BCUT2D eigenvalue weighted by Crippen LogP contribution is 2.22. The number of pyridine rings is 1. The van der Waals surface area contributed by atoms with Crippen LogP contribution in [0, 0.1) is 0 Å². The van der Waals surface area contributed by atoms with Crippen LogP contribution in [0.15, 0.2) is 42.6 Å². The summed E-state index contributed by atoms with van der Waals surface area (Å²) in [7, 11) is 1.66. The van der Waals surface area contributed by atoms with Crippen LogP contribution >= 0.6 is 0 Å². The molecule has 1 aromatic carbocycles. The van der Waals surface area contributed by atoms with Crippen molar-refractivity contribution in [1.82, 2.24) is 4.98 Å². The Kier molecular flexibility index (Phi) is 4.49. The minimum Gasteiger partial charge on any atom is -0.439 e. The Bertz CT molecular complexity index is 523. The largest absolute Gasteiger partial charge is 0.439 e. The topological polar surface area (TPSA) is 51.6 Å². The van der Waals surface area contributed by atoms with Gasteiger partial charge in [-0.15, -0.1) is 0 Å². The molecule has 1 atom stereocenters. The summed E-state index contributed by atoms with van der Waals surface area (Å²) in [5, 5.41) is 9.41. The Labute approximate surface area is 112 Å². The molecule has 4 heteroatoms. The van der Waals surface area contributed by atoms with Gasteiger partial charge in [0.15, 0.2) is 0 Å². The first-order valence-corrected chi connectivity index (χ1v) is 6.09. The van der Waals surface area contributed by atoms with Gasteiger partial charge in [-0.3, -0.25) is 0 Å². The molecule has 0 aliphatic heterocycles. The zero-order valence-corrected chi connectivity index (χ0v) is 11.0. The predicted molar refractivity (Wildman–Crippen MR) is 72.1 cm³/mol. The van der Waals surface area contributed by atoms with E-state index in [9.17, 15) is 5.11 Å². The summed E-state index contributed by atoms with van der Waals surface area (Å²) in [5.74, 6) is 1.21. The molecule has 0 fully saturated rings. The van der Waals surface area contributed by atoms with Gasteiger partial charge in [-0.25, -0.2) is 4.98 Å². The lowest BCUT2D eigenvalue weighted by molar-refractivity contribution is 0.184. The van der Waals surface area contributed by atoms with E-state index in [-0.39, 0.29) is 0 Å². The van der Waals surface area contributed by atoms with E-state index in [0.717, 1.165) is 11.1 Å². The number of nitrogens with zero attached hydrogens (tertiary/aromatic N) is 1. The Hall–Kier alpha value is -1.91. The van der Waals surface area contributed by atoms with E-state index in [1.54, 1.807) is 32.4 Å². The SMILES string of the molecule is COCc1cccc(Oc2ccc([C@@H](C)O)cn2)c1. The molecule has 100 valence electrons. The van der Waals surface area contributed by atoms with E-state index in [2.05, 4.69) is 4.98 Å². The lowest BCUT2D eigenvalue weighted by Gasteiger charge is -2.08. The summed E-state index contributed by atoms with van der Waals surface area (Å²) >= 11 is 0. The van der Waals surface area contributed by atoms with Crippen LogP contribution in [-0.4, -0.2) is 17.2 Å². The van der Waals surface area contributed by atoms with Crippen LogP contribution in [0.5, 0.6) is 11.6 Å². The molecule has 0 bridgehead atoms. The molecule has 4 nitrogen and oxygen atoms in total. The molecule has 0 radical (unpaired) electrons. The molecule has 0 aliphatic carbocycles. The van der Waals surface area contributed by atoms with Crippen LogP contribution in [0.4, 0.5) is 0 Å². The van der Waals surface area contributed by atoms with Crippen LogP contribution < -0.4 is 4.74 Å². The van der Waals surface area contributed by atoms with Crippen LogP contribution in [0.25, 0.3) is 0 Å². The van der Waals surface area contributed by atoms with Gasteiger partial charge in [-0.1, -0.05) is 12.1 Å². The number of aromatic nitrogens is 1. The normalized spacial score (nSPS) is 12.2. The summed E-state index contributed by atoms with van der Waals surface area (Å²) in [6.07, 6.45) is 1.09. The van der Waals surface area contributed by atoms with Crippen LogP contribution in [0.3, 0.4) is 0 Å². The fourth-order valence-corrected chi connectivity index (χ4v) is 1.69. The van der Waals surface area contributed by atoms with Gasteiger partial charge in [-0.2, -0.15) is 0 Å². The molecule has 0 saturated heterocycles. The minimum atomic E-state index is -0.522. The Morgan fingerprint density at radius 1 is 1.26 bits per heavy atom. The van der Waals surface area contributed by atoms with Crippen molar-refractivity contribution in [3.05, 3.63) is 53.7 Å². The van der Waals surface area contributed by atoms with Gasteiger partial charge in [0.2, 0.25) is 5.88 Å². The molecule has 0 amide bonds. The zero-order chi connectivity index (χ0) is 13.7. The first-order chi connectivity index (χ1) is 9.19. The second kappa shape index (κ2) is 6.31. The summed E-state index contributed by atoms with van der Waals surface area (Å²) in [4.78, 5) is 4.16. The van der Waals surface area contributed by atoms with E-state index in [0.29, 0.717) is 18.2 Å². The second-order valence-corrected chi connectivity index (χ2v) is 4.29. The van der Waals surface area contributed by atoms with Gasteiger partial charge in [0.25, 0.3) is 0 Å². The smallest absolute Gasteiger partial charge is 0.219 e. The third-order valence-electron chi connectivity index (χ3n) is 2.67. The van der Waals surface area contributed by atoms with E-state index < -0.39 is 6.10 Å². The van der Waals surface area contributed by atoms with Crippen LogP contribution in [0.1, 0.15) is 24.2 Å². The lowest BCUT2D eigenvalue weighted by Crippen LogP contribution is -1.94. The van der Waals surface area contributed by atoms with Gasteiger partial charge < -0.3 is 14.6 Å². The quantitative estimate of drug-likeness (QED) is 0.896. The molecule has 0 unspecified atom stereocenters. The highest BCUT2D eigenvalue weighted by atomic mass is 16.5. The first-order valence-electron chi connectivity index (χ1n) is 6.09. The molecule has 0 saturated carbocycles. The number of ether oxygens (including phenoxy) is 2. The van der Waals surface area contributed by atoms with E-state index in [1.165, 1.54) is 0 Å². The molecule has 1 heterocycles. The van der Waals surface area contributed by atoms with Crippen molar-refractivity contribution in [1.29, 1.82) is 0 Å². The summed E-state index contributed by atoms with van der Waals surface area (Å²) in [6.45, 7) is 2.25. The van der Waals surface area contributed by atoms with Crippen molar-refractivity contribution in [2.24, 2.45) is 0 Å². The third-order valence-corrected chi connectivity index (χ3v) is 2.67. The minimum absolute atomic E-state index is 0.499. The number of aliphatic hydroxyl groups is 1. The maximum Gasteiger partial charge on any atom is 0.219 e. The maximum atomic E-state index is 9.41. The number of hydrogen-bond acceptors (Lipinski definition) is 4. The van der Waals surface area contributed by atoms with Gasteiger partial charge in [0.05, 0.1) is 12.7 Å². The van der Waals surface area contributed by atoms with Crippen molar-refractivity contribution in [3.63, 3.8) is 0 Å². The number of rotatable bonds is 5. The fraction of sp³-hybridized carbons (Fsp3) is 0.267. The molecule has 2 aromatic rings.